The Bertz CT molecular complexity index is 769. The number of amides is 1. The molecule has 1 aromatic carbocycles. The zero-order valence-electron chi connectivity index (χ0n) is 16.4. The van der Waals surface area contributed by atoms with E-state index in [0.717, 1.165) is 38.4 Å². The standard InChI is InChI=1S/C22H29N3O/c1-5-22(26)25-10-8-24(9-11-25)15-19-6-7-23-21(14-19)20-12-16(2)18(4)17(3)13-20/h6-7,12-14H,5,8-11,15H2,1-4H3. The van der Waals surface area contributed by atoms with E-state index in [9.17, 15) is 4.79 Å². The molecule has 0 N–H and O–H groups in total. The van der Waals surface area contributed by atoms with Crippen molar-refractivity contribution in [3.05, 3.63) is 52.7 Å². The highest BCUT2D eigenvalue weighted by molar-refractivity contribution is 5.75. The Hall–Kier alpha value is -2.20. The first kappa shape index (κ1) is 18.6. The fraction of sp³-hybridized carbons (Fsp3) is 0.455. The van der Waals surface area contributed by atoms with Gasteiger partial charge in [0.25, 0.3) is 0 Å². The molecule has 4 nitrogen and oxygen atoms in total. The molecular formula is C22H29N3O. The summed E-state index contributed by atoms with van der Waals surface area (Å²) in [6.45, 7) is 12.9. The minimum Gasteiger partial charge on any atom is -0.340 e. The number of nitrogens with zero attached hydrogens (tertiary/aromatic N) is 3. The van der Waals surface area contributed by atoms with Crippen LogP contribution in [-0.4, -0.2) is 46.9 Å². The van der Waals surface area contributed by atoms with Crippen molar-refractivity contribution in [2.45, 2.75) is 40.7 Å². The molecular weight excluding hydrogens is 322 g/mol. The summed E-state index contributed by atoms with van der Waals surface area (Å²) in [5, 5.41) is 0. The quantitative estimate of drug-likeness (QED) is 0.842. The van der Waals surface area contributed by atoms with Gasteiger partial charge in [0.1, 0.15) is 0 Å². The lowest BCUT2D eigenvalue weighted by Gasteiger charge is -2.34. The second kappa shape index (κ2) is 8.00. The molecule has 2 heterocycles. The van der Waals surface area contributed by atoms with Gasteiger partial charge in [-0.15, -0.1) is 0 Å². The second-order valence-corrected chi connectivity index (χ2v) is 7.29. The van der Waals surface area contributed by atoms with Crippen LogP contribution in [0.25, 0.3) is 11.3 Å². The Morgan fingerprint density at radius 3 is 2.31 bits per heavy atom. The molecule has 1 amide bonds. The predicted octanol–water partition coefficient (Wildman–Crippen LogP) is 3.73. The molecule has 1 aliphatic rings. The van der Waals surface area contributed by atoms with Crippen LogP contribution in [0.3, 0.4) is 0 Å². The summed E-state index contributed by atoms with van der Waals surface area (Å²) < 4.78 is 0. The lowest BCUT2D eigenvalue weighted by Crippen LogP contribution is -2.48. The van der Waals surface area contributed by atoms with Crippen molar-refractivity contribution < 1.29 is 4.79 Å². The van der Waals surface area contributed by atoms with Gasteiger partial charge in [-0.2, -0.15) is 0 Å². The van der Waals surface area contributed by atoms with Crippen molar-refractivity contribution in [3.63, 3.8) is 0 Å². The number of pyridine rings is 1. The van der Waals surface area contributed by atoms with Crippen molar-refractivity contribution in [2.24, 2.45) is 0 Å². The van der Waals surface area contributed by atoms with Crippen molar-refractivity contribution in [1.82, 2.24) is 14.8 Å². The molecule has 0 spiro atoms. The van der Waals surface area contributed by atoms with Crippen molar-refractivity contribution in [2.75, 3.05) is 26.2 Å². The number of hydrogen-bond donors (Lipinski definition) is 0. The maximum Gasteiger partial charge on any atom is 0.222 e. The second-order valence-electron chi connectivity index (χ2n) is 7.29. The van der Waals surface area contributed by atoms with Crippen LogP contribution in [0.2, 0.25) is 0 Å². The third-order valence-corrected chi connectivity index (χ3v) is 5.48. The average Bonchev–Trinajstić information content (AvgIpc) is 2.66. The van der Waals surface area contributed by atoms with Crippen molar-refractivity contribution in [1.29, 1.82) is 0 Å². The highest BCUT2D eigenvalue weighted by Crippen LogP contribution is 2.24. The fourth-order valence-electron chi connectivity index (χ4n) is 3.55. The predicted molar refractivity (Wildman–Crippen MR) is 106 cm³/mol. The maximum absolute atomic E-state index is 11.8. The van der Waals surface area contributed by atoms with E-state index in [1.165, 1.54) is 27.8 Å². The zero-order chi connectivity index (χ0) is 18.7. The van der Waals surface area contributed by atoms with Gasteiger partial charge in [-0.25, -0.2) is 0 Å². The molecule has 0 unspecified atom stereocenters. The van der Waals surface area contributed by atoms with Crippen molar-refractivity contribution in [3.8, 4) is 11.3 Å². The van der Waals surface area contributed by atoms with E-state index >= 15 is 0 Å². The monoisotopic (exact) mass is 351 g/mol. The van der Waals surface area contributed by atoms with Gasteiger partial charge in [-0.1, -0.05) is 6.92 Å². The molecule has 1 aliphatic heterocycles. The third kappa shape index (κ3) is 4.13. The Morgan fingerprint density at radius 2 is 1.69 bits per heavy atom. The van der Waals surface area contributed by atoms with Crippen LogP contribution in [0.15, 0.2) is 30.5 Å². The molecule has 1 aromatic heterocycles. The number of carbonyl (C=O) groups excluding carboxylic acids is 1. The molecule has 0 atom stereocenters. The summed E-state index contributed by atoms with van der Waals surface area (Å²) in [6.07, 6.45) is 2.51. The van der Waals surface area contributed by atoms with E-state index in [1.54, 1.807) is 0 Å². The normalized spacial score (nSPS) is 15.3. The first-order valence-electron chi connectivity index (χ1n) is 9.51. The maximum atomic E-state index is 11.8. The highest BCUT2D eigenvalue weighted by atomic mass is 16.2. The number of carbonyl (C=O) groups is 1. The van der Waals surface area contributed by atoms with Crippen LogP contribution >= 0.6 is 0 Å². The van der Waals surface area contributed by atoms with Crippen LogP contribution in [0, 0.1) is 20.8 Å². The number of aromatic nitrogens is 1. The van der Waals surface area contributed by atoms with Crippen LogP contribution < -0.4 is 0 Å². The van der Waals surface area contributed by atoms with Gasteiger partial charge in [0.15, 0.2) is 0 Å². The first-order valence-corrected chi connectivity index (χ1v) is 9.51. The van der Waals surface area contributed by atoms with Gasteiger partial charge in [-0.05, 0) is 67.3 Å². The Labute approximate surface area is 156 Å². The third-order valence-electron chi connectivity index (χ3n) is 5.48. The number of rotatable bonds is 4. The highest BCUT2D eigenvalue weighted by Gasteiger charge is 2.20. The van der Waals surface area contributed by atoms with Gasteiger partial charge in [0, 0.05) is 50.9 Å². The summed E-state index contributed by atoms with van der Waals surface area (Å²) in [4.78, 5) is 20.8. The topological polar surface area (TPSA) is 36.4 Å². The molecule has 138 valence electrons. The van der Waals surface area contributed by atoms with E-state index in [1.807, 2.05) is 18.0 Å². The van der Waals surface area contributed by atoms with E-state index in [-0.39, 0.29) is 5.91 Å². The van der Waals surface area contributed by atoms with Gasteiger partial charge >= 0.3 is 0 Å². The molecule has 2 aromatic rings. The summed E-state index contributed by atoms with van der Waals surface area (Å²) in [5.41, 5.74) is 7.47. The van der Waals surface area contributed by atoms with Crippen molar-refractivity contribution >= 4 is 5.91 Å². The zero-order valence-corrected chi connectivity index (χ0v) is 16.4. The van der Waals surface area contributed by atoms with Gasteiger partial charge in [-0.3, -0.25) is 14.7 Å². The van der Waals surface area contributed by atoms with E-state index in [0.29, 0.717) is 6.42 Å². The van der Waals surface area contributed by atoms with Gasteiger partial charge in [0.05, 0.1) is 5.69 Å². The molecule has 3 rings (SSSR count). The van der Waals surface area contributed by atoms with Crippen LogP contribution in [0.4, 0.5) is 0 Å². The summed E-state index contributed by atoms with van der Waals surface area (Å²) in [5.74, 6) is 0.265. The minimum absolute atomic E-state index is 0.265. The number of hydrogen-bond acceptors (Lipinski definition) is 3. The Balaban J connectivity index is 1.70. The summed E-state index contributed by atoms with van der Waals surface area (Å²) in [6, 6.07) is 8.75. The van der Waals surface area contributed by atoms with Crippen LogP contribution in [0.5, 0.6) is 0 Å². The lowest BCUT2D eigenvalue weighted by atomic mass is 9.98. The fourth-order valence-corrected chi connectivity index (χ4v) is 3.55. The molecule has 26 heavy (non-hydrogen) atoms. The number of piperazine rings is 1. The van der Waals surface area contributed by atoms with Crippen LogP contribution in [0.1, 0.15) is 35.6 Å². The van der Waals surface area contributed by atoms with E-state index < -0.39 is 0 Å². The number of aryl methyl sites for hydroxylation is 2. The molecule has 4 heteroatoms. The van der Waals surface area contributed by atoms with E-state index in [4.69, 9.17) is 0 Å². The molecule has 0 bridgehead atoms. The molecule has 0 aliphatic carbocycles. The smallest absolute Gasteiger partial charge is 0.222 e. The number of benzene rings is 1. The Kier molecular flexibility index (Phi) is 5.72. The molecule has 1 saturated heterocycles. The van der Waals surface area contributed by atoms with Gasteiger partial charge < -0.3 is 4.90 Å². The Morgan fingerprint density at radius 1 is 1.04 bits per heavy atom. The van der Waals surface area contributed by atoms with Gasteiger partial charge in [0.2, 0.25) is 5.91 Å². The lowest BCUT2D eigenvalue weighted by molar-refractivity contribution is -0.132. The average molecular weight is 351 g/mol. The summed E-state index contributed by atoms with van der Waals surface area (Å²) >= 11 is 0. The minimum atomic E-state index is 0.265. The summed E-state index contributed by atoms with van der Waals surface area (Å²) in [7, 11) is 0. The largest absolute Gasteiger partial charge is 0.340 e. The first-order chi connectivity index (χ1) is 12.5. The van der Waals surface area contributed by atoms with E-state index in [2.05, 4.69) is 54.9 Å². The molecule has 0 radical (unpaired) electrons. The molecule has 1 fully saturated rings. The molecule has 0 saturated carbocycles. The SMILES string of the molecule is CCC(=O)N1CCN(Cc2ccnc(-c3cc(C)c(C)c(C)c3)c2)CC1. The van der Waals surface area contributed by atoms with Crippen LogP contribution in [-0.2, 0) is 11.3 Å².